The minimum absolute atomic E-state index is 0.150. The van der Waals surface area contributed by atoms with Crippen molar-refractivity contribution in [2.45, 2.75) is 19.1 Å². The van der Waals surface area contributed by atoms with Gasteiger partial charge in [-0.2, -0.15) is 8.42 Å². The number of anilines is 1. The Morgan fingerprint density at radius 3 is 2.51 bits per heavy atom. The third-order valence-corrected chi connectivity index (χ3v) is 7.00. The molecule has 5 rings (SSSR count). The average molecular weight is 490 g/mol. The van der Waals surface area contributed by atoms with Crippen LogP contribution in [0.3, 0.4) is 0 Å². The summed E-state index contributed by atoms with van der Waals surface area (Å²) in [5.74, 6) is -0.300. The van der Waals surface area contributed by atoms with Gasteiger partial charge in [-0.3, -0.25) is 4.79 Å². The Morgan fingerprint density at radius 1 is 0.971 bits per heavy atom. The largest absolute Gasteiger partial charge is 0.493 e. The van der Waals surface area contributed by atoms with Crippen molar-refractivity contribution in [2.24, 2.45) is 0 Å². The normalized spacial score (nSPS) is 18.2. The molecule has 0 radical (unpaired) electrons. The van der Waals surface area contributed by atoms with Crippen LogP contribution in [0.1, 0.15) is 27.0 Å². The van der Waals surface area contributed by atoms with E-state index in [0.29, 0.717) is 17.7 Å². The maximum Gasteiger partial charge on any atom is 0.330 e. The van der Waals surface area contributed by atoms with E-state index in [2.05, 4.69) is 5.32 Å². The summed E-state index contributed by atoms with van der Waals surface area (Å²) >= 11 is 0. The van der Waals surface area contributed by atoms with Crippen LogP contribution in [0, 0.1) is 0 Å². The topological polar surface area (TPSA) is 108 Å². The molecule has 3 N–H and O–H groups in total. The molecule has 1 unspecified atom stereocenters. The van der Waals surface area contributed by atoms with E-state index < -0.39 is 16.1 Å². The van der Waals surface area contributed by atoms with Crippen LogP contribution in [0.25, 0.3) is 6.08 Å². The van der Waals surface area contributed by atoms with E-state index in [1.807, 2.05) is 65.4 Å². The number of nitrogens with zero attached hydrogens (tertiary/aromatic N) is 1. The zero-order chi connectivity index (χ0) is 24.4. The predicted molar refractivity (Wildman–Crippen MR) is 133 cm³/mol. The number of ether oxygens (including phenoxy) is 1. The summed E-state index contributed by atoms with van der Waals surface area (Å²) in [6, 6.07) is 21.8. The van der Waals surface area contributed by atoms with Crippen LogP contribution in [-0.2, 0) is 23.2 Å². The van der Waals surface area contributed by atoms with E-state index in [1.165, 1.54) is 0 Å². The highest BCUT2D eigenvalue weighted by atomic mass is 32.2. The van der Waals surface area contributed by atoms with Gasteiger partial charge < -0.3 is 15.2 Å². The third-order valence-electron chi connectivity index (χ3n) is 5.72. The molecule has 8 nitrogen and oxygen atoms in total. The molecule has 0 saturated carbocycles. The molecule has 9 heteroatoms. The highest BCUT2D eigenvalue weighted by Gasteiger charge is 2.31. The molecule has 2 heterocycles. The van der Waals surface area contributed by atoms with Crippen LogP contribution in [0.2, 0.25) is 0 Å². The number of rotatable bonds is 6. The maximum absolute atomic E-state index is 12.7. The van der Waals surface area contributed by atoms with E-state index in [4.69, 9.17) is 4.74 Å². The zero-order valence-corrected chi connectivity index (χ0v) is 19.4. The molecule has 0 bridgehead atoms. The van der Waals surface area contributed by atoms with Crippen molar-refractivity contribution in [3.8, 4) is 5.75 Å². The lowest BCUT2D eigenvalue weighted by atomic mass is 10.0. The monoisotopic (exact) mass is 489 g/mol. The summed E-state index contributed by atoms with van der Waals surface area (Å²) in [5, 5.41) is 12.8. The van der Waals surface area contributed by atoms with Crippen molar-refractivity contribution in [3.05, 3.63) is 113 Å². The van der Waals surface area contributed by atoms with E-state index in [0.717, 1.165) is 27.2 Å². The maximum atomic E-state index is 12.7. The second-order valence-electron chi connectivity index (χ2n) is 8.22. The number of hydrogen-bond acceptors (Lipinski definition) is 5. The van der Waals surface area contributed by atoms with Crippen molar-refractivity contribution >= 4 is 27.9 Å². The molecule has 35 heavy (non-hydrogen) atoms. The molecule has 0 aliphatic carbocycles. The number of benzene rings is 3. The van der Waals surface area contributed by atoms with Gasteiger partial charge in [-0.25, -0.2) is 9.03 Å². The van der Waals surface area contributed by atoms with Crippen molar-refractivity contribution in [3.63, 3.8) is 0 Å². The molecular weight excluding hydrogens is 466 g/mol. The van der Waals surface area contributed by atoms with E-state index in [-0.39, 0.29) is 24.2 Å². The first kappa shape index (κ1) is 22.5. The Kier molecular flexibility index (Phi) is 5.92. The molecule has 0 fully saturated rings. The first-order valence-electron chi connectivity index (χ1n) is 11.0. The minimum atomic E-state index is -3.98. The molecular formula is C26H23N3O5S. The number of carbonyl (C=O) groups excluding carboxylic acids is 1. The van der Waals surface area contributed by atoms with Gasteiger partial charge >= 0.3 is 10.2 Å². The highest BCUT2D eigenvalue weighted by Crippen LogP contribution is 2.34. The van der Waals surface area contributed by atoms with Crippen LogP contribution in [-0.4, -0.2) is 25.5 Å². The lowest BCUT2D eigenvalue weighted by Crippen LogP contribution is -2.34. The summed E-state index contributed by atoms with van der Waals surface area (Å²) in [6.45, 7) is 0.226. The third kappa shape index (κ3) is 4.85. The summed E-state index contributed by atoms with van der Waals surface area (Å²) in [5.41, 5.74) is 3.49. The van der Waals surface area contributed by atoms with Gasteiger partial charge in [-0.1, -0.05) is 66.7 Å². The molecule has 2 aliphatic rings. The second kappa shape index (κ2) is 9.19. The van der Waals surface area contributed by atoms with Crippen LogP contribution >= 0.6 is 0 Å². The van der Waals surface area contributed by atoms with E-state index in [1.54, 1.807) is 24.3 Å². The Balaban J connectivity index is 1.43. The quantitative estimate of drug-likeness (QED) is 0.490. The number of nitrogens with one attached hydrogen (secondary N) is 2. The molecule has 3 aromatic rings. The number of hydrogen-bond donors (Lipinski definition) is 3. The first-order chi connectivity index (χ1) is 16.9. The van der Waals surface area contributed by atoms with Crippen molar-refractivity contribution < 1.29 is 23.1 Å². The van der Waals surface area contributed by atoms with Crippen molar-refractivity contribution in [2.75, 3.05) is 4.31 Å². The fourth-order valence-corrected chi connectivity index (χ4v) is 5.11. The SMILES string of the molecule is O=C1NC(Cc2ccc(N3C=C(O)NS3(=O)=O)c(OCc3ccccc3)c2)C=Cc2ccccc21. The van der Waals surface area contributed by atoms with Gasteiger partial charge in [0.2, 0.25) is 5.88 Å². The van der Waals surface area contributed by atoms with Gasteiger partial charge in [-0.05, 0) is 41.3 Å². The Hall–Kier alpha value is -4.24. The zero-order valence-electron chi connectivity index (χ0n) is 18.6. The Labute approximate surface area is 203 Å². The number of carbonyl (C=O) groups is 1. The second-order valence-corrected chi connectivity index (χ2v) is 9.77. The summed E-state index contributed by atoms with van der Waals surface area (Å²) in [4.78, 5) is 12.7. The Morgan fingerprint density at radius 2 is 1.74 bits per heavy atom. The average Bonchev–Trinajstić information content (AvgIpc) is 3.03. The van der Waals surface area contributed by atoms with Crippen LogP contribution in [0.15, 0.2) is 91.0 Å². The summed E-state index contributed by atoms with van der Waals surface area (Å²) < 4.78 is 34.0. The van der Waals surface area contributed by atoms with E-state index in [9.17, 15) is 18.3 Å². The summed E-state index contributed by atoms with van der Waals surface area (Å²) in [6.07, 6.45) is 5.43. The summed E-state index contributed by atoms with van der Waals surface area (Å²) in [7, 11) is -3.98. The molecule has 0 saturated heterocycles. The first-order valence-corrected chi connectivity index (χ1v) is 12.4. The molecule has 0 spiro atoms. The van der Waals surface area contributed by atoms with Gasteiger partial charge in [0.1, 0.15) is 18.0 Å². The predicted octanol–water partition coefficient (Wildman–Crippen LogP) is 3.64. The number of aliphatic hydroxyl groups is 1. The fourth-order valence-electron chi connectivity index (χ4n) is 4.04. The van der Waals surface area contributed by atoms with Gasteiger partial charge in [0.15, 0.2) is 0 Å². The smallest absolute Gasteiger partial charge is 0.330 e. The molecule has 178 valence electrons. The number of amides is 1. The van der Waals surface area contributed by atoms with Crippen LogP contribution < -0.4 is 19.1 Å². The van der Waals surface area contributed by atoms with Gasteiger partial charge in [0.25, 0.3) is 5.91 Å². The highest BCUT2D eigenvalue weighted by molar-refractivity contribution is 7.91. The molecule has 2 aliphatic heterocycles. The number of fused-ring (bicyclic) bond motifs is 1. The van der Waals surface area contributed by atoms with Gasteiger partial charge in [0.05, 0.1) is 12.2 Å². The molecule has 0 aromatic heterocycles. The van der Waals surface area contributed by atoms with Crippen molar-refractivity contribution in [1.82, 2.24) is 10.0 Å². The molecule has 1 atom stereocenters. The van der Waals surface area contributed by atoms with E-state index >= 15 is 0 Å². The van der Waals surface area contributed by atoms with Crippen molar-refractivity contribution in [1.29, 1.82) is 0 Å². The lowest BCUT2D eigenvalue weighted by Gasteiger charge is -2.20. The standard InChI is InChI=1S/C26H23N3O5S/c30-25-16-29(35(32,33)28-25)23-13-10-19(15-24(23)34-17-18-6-2-1-3-7-18)14-21-12-11-20-8-4-5-9-22(20)26(31)27-21/h1-13,15-16,21,28,30H,14,17H2,(H,27,31). The minimum Gasteiger partial charge on any atom is -0.493 e. The fraction of sp³-hybridized carbons (Fsp3) is 0.115. The number of aliphatic hydroxyl groups excluding tert-OH is 1. The van der Waals surface area contributed by atoms with Gasteiger partial charge in [-0.15, -0.1) is 0 Å². The van der Waals surface area contributed by atoms with Crippen LogP contribution in [0.4, 0.5) is 5.69 Å². The molecule has 1 amide bonds. The Bertz CT molecular complexity index is 1430. The van der Waals surface area contributed by atoms with Gasteiger partial charge in [0, 0.05) is 5.56 Å². The molecule has 3 aromatic carbocycles. The van der Waals surface area contributed by atoms with Crippen LogP contribution in [0.5, 0.6) is 5.75 Å². The lowest BCUT2D eigenvalue weighted by molar-refractivity contribution is 0.0945.